The zero-order valence-corrected chi connectivity index (χ0v) is 21.1. The summed E-state index contributed by atoms with van der Waals surface area (Å²) < 4.78 is 28.7. The van der Waals surface area contributed by atoms with E-state index in [1.807, 2.05) is 18.2 Å². The van der Waals surface area contributed by atoms with Gasteiger partial charge in [0, 0.05) is 19.1 Å². The van der Waals surface area contributed by atoms with Crippen molar-refractivity contribution in [2.75, 3.05) is 46.6 Å². The van der Waals surface area contributed by atoms with Gasteiger partial charge in [-0.3, -0.25) is 4.79 Å². The number of esters is 1. The van der Waals surface area contributed by atoms with Crippen LogP contribution >= 0.6 is 0 Å². The van der Waals surface area contributed by atoms with Crippen LogP contribution < -0.4 is 9.47 Å². The monoisotopic (exact) mass is 502 g/mol. The van der Waals surface area contributed by atoms with E-state index in [0.717, 1.165) is 75.7 Å². The fraction of sp³-hybridized carbons (Fsp3) is 0.704. The first kappa shape index (κ1) is 25.3. The van der Waals surface area contributed by atoms with Gasteiger partial charge in [0.15, 0.2) is 5.58 Å². The highest BCUT2D eigenvalue weighted by Gasteiger charge is 2.34. The third-order valence-electron chi connectivity index (χ3n) is 8.00. The average molecular weight is 503 g/mol. The summed E-state index contributed by atoms with van der Waals surface area (Å²) in [5.74, 6) is 1.65. The van der Waals surface area contributed by atoms with E-state index in [1.54, 1.807) is 0 Å². The van der Waals surface area contributed by atoms with Gasteiger partial charge in [-0.05, 0) is 81.2 Å². The van der Waals surface area contributed by atoms with Crippen LogP contribution in [-0.4, -0.2) is 79.9 Å². The second-order valence-electron chi connectivity index (χ2n) is 10.5. The maximum absolute atomic E-state index is 12.2. The van der Waals surface area contributed by atoms with Gasteiger partial charge in [-0.1, -0.05) is 6.07 Å². The first-order valence-corrected chi connectivity index (χ1v) is 13.3. The minimum Gasteiger partial charge on any atom is -0.489 e. The molecule has 2 unspecified atom stereocenters. The number of aliphatic hydroxyl groups excluding tert-OH is 1. The topological polar surface area (TPSA) is 103 Å². The molecule has 2 atom stereocenters. The Morgan fingerprint density at radius 3 is 2.72 bits per heavy atom. The van der Waals surface area contributed by atoms with Crippen molar-refractivity contribution in [1.29, 1.82) is 0 Å². The molecular weight excluding hydrogens is 464 g/mol. The Kier molecular flexibility index (Phi) is 8.29. The Morgan fingerprint density at radius 2 is 1.94 bits per heavy atom. The van der Waals surface area contributed by atoms with Crippen molar-refractivity contribution in [3.05, 3.63) is 18.2 Å². The summed E-state index contributed by atoms with van der Waals surface area (Å²) in [6.45, 7) is 4.63. The normalized spacial score (nSPS) is 28.2. The number of hydrogen-bond donors (Lipinski definition) is 1. The molecule has 1 aromatic heterocycles. The SMILES string of the molecule is COC(=O)C1CCOCC1CN1CCC(COc2noc3cccc(OC4CCC(O)CC4)c23)CC1. The highest BCUT2D eigenvalue weighted by atomic mass is 16.5. The van der Waals surface area contributed by atoms with Gasteiger partial charge in [-0.15, -0.1) is 0 Å². The van der Waals surface area contributed by atoms with Crippen LogP contribution in [0.15, 0.2) is 22.7 Å². The van der Waals surface area contributed by atoms with E-state index in [1.165, 1.54) is 7.11 Å². The number of ether oxygens (including phenoxy) is 4. The van der Waals surface area contributed by atoms with Gasteiger partial charge < -0.3 is 33.5 Å². The number of piperidine rings is 1. The Balaban J connectivity index is 1.13. The van der Waals surface area contributed by atoms with Crippen molar-refractivity contribution < 1.29 is 33.4 Å². The molecule has 3 heterocycles. The molecule has 36 heavy (non-hydrogen) atoms. The van der Waals surface area contributed by atoms with Crippen LogP contribution in [0, 0.1) is 17.8 Å². The lowest BCUT2D eigenvalue weighted by molar-refractivity contribution is -0.152. The lowest BCUT2D eigenvalue weighted by atomic mass is 9.87. The maximum Gasteiger partial charge on any atom is 0.309 e. The van der Waals surface area contributed by atoms with Gasteiger partial charge in [0.25, 0.3) is 5.88 Å². The minimum atomic E-state index is -0.216. The number of benzene rings is 1. The number of aliphatic hydroxyl groups is 1. The quantitative estimate of drug-likeness (QED) is 0.544. The van der Waals surface area contributed by atoms with E-state index < -0.39 is 0 Å². The summed E-state index contributed by atoms with van der Waals surface area (Å²) >= 11 is 0. The molecule has 3 aliphatic rings. The molecule has 9 nitrogen and oxygen atoms in total. The minimum absolute atomic E-state index is 0.0691. The van der Waals surface area contributed by atoms with Crippen LogP contribution in [0.4, 0.5) is 0 Å². The van der Waals surface area contributed by atoms with Gasteiger partial charge >= 0.3 is 5.97 Å². The predicted molar refractivity (Wildman–Crippen MR) is 132 cm³/mol. The van der Waals surface area contributed by atoms with Crippen molar-refractivity contribution >= 4 is 16.9 Å². The number of carbonyl (C=O) groups is 1. The van der Waals surface area contributed by atoms with Crippen LogP contribution in [0.5, 0.6) is 11.6 Å². The van der Waals surface area contributed by atoms with Crippen molar-refractivity contribution in [2.24, 2.45) is 17.8 Å². The van der Waals surface area contributed by atoms with Crippen LogP contribution in [0.25, 0.3) is 11.0 Å². The highest BCUT2D eigenvalue weighted by Crippen LogP contribution is 2.36. The number of fused-ring (bicyclic) bond motifs is 1. The summed E-state index contributed by atoms with van der Waals surface area (Å²) in [6, 6.07) is 5.72. The molecule has 1 aromatic carbocycles. The molecule has 2 aromatic rings. The summed E-state index contributed by atoms with van der Waals surface area (Å²) in [6.07, 6.45) is 5.87. The summed E-state index contributed by atoms with van der Waals surface area (Å²) in [5.41, 5.74) is 0.656. The molecule has 5 rings (SSSR count). The number of hydrogen-bond acceptors (Lipinski definition) is 9. The summed E-state index contributed by atoms with van der Waals surface area (Å²) in [5, 5.41) is 14.8. The number of carbonyl (C=O) groups excluding carboxylic acids is 1. The molecule has 1 saturated carbocycles. The van der Waals surface area contributed by atoms with E-state index in [0.29, 0.717) is 37.2 Å². The number of rotatable bonds is 8. The molecule has 2 saturated heterocycles. The second kappa shape index (κ2) is 11.8. The summed E-state index contributed by atoms with van der Waals surface area (Å²) in [7, 11) is 1.47. The molecule has 9 heteroatoms. The van der Waals surface area contributed by atoms with Crippen molar-refractivity contribution in [3.8, 4) is 11.6 Å². The summed E-state index contributed by atoms with van der Waals surface area (Å²) in [4.78, 5) is 14.6. The first-order valence-electron chi connectivity index (χ1n) is 13.3. The number of likely N-dealkylation sites (tertiary alicyclic amines) is 1. The van der Waals surface area contributed by atoms with E-state index in [2.05, 4.69) is 10.1 Å². The van der Waals surface area contributed by atoms with Gasteiger partial charge in [-0.2, -0.15) is 0 Å². The lowest BCUT2D eigenvalue weighted by Crippen LogP contribution is -2.44. The zero-order chi connectivity index (χ0) is 24.9. The Labute approximate surface area is 212 Å². The lowest BCUT2D eigenvalue weighted by Gasteiger charge is -2.37. The molecule has 1 aliphatic carbocycles. The number of nitrogens with zero attached hydrogens (tertiary/aromatic N) is 2. The average Bonchev–Trinajstić information content (AvgIpc) is 3.33. The Hall–Kier alpha value is -2.36. The van der Waals surface area contributed by atoms with Crippen molar-refractivity contribution in [2.45, 2.75) is 57.2 Å². The molecule has 0 spiro atoms. The Morgan fingerprint density at radius 1 is 1.14 bits per heavy atom. The molecule has 3 fully saturated rings. The third kappa shape index (κ3) is 5.95. The Bertz CT molecular complexity index is 995. The van der Waals surface area contributed by atoms with Crippen LogP contribution in [0.3, 0.4) is 0 Å². The molecular formula is C27H38N2O7. The molecule has 198 valence electrons. The van der Waals surface area contributed by atoms with Gasteiger partial charge in [0.05, 0.1) is 38.4 Å². The standard InChI is InChI=1S/C27H38N2O7/c1-32-27(31)22-11-14-33-17-19(22)15-29-12-9-18(10-13-29)16-34-26-25-23(3-2-4-24(25)36-28-26)35-21-7-5-20(30)6-8-21/h2-4,18-22,30H,5-17H2,1H3. The maximum atomic E-state index is 12.2. The van der Waals surface area contributed by atoms with Gasteiger partial charge in [0.2, 0.25) is 0 Å². The fourth-order valence-electron chi connectivity index (χ4n) is 5.78. The van der Waals surface area contributed by atoms with Crippen molar-refractivity contribution in [3.63, 3.8) is 0 Å². The second-order valence-corrected chi connectivity index (χ2v) is 10.5. The van der Waals surface area contributed by atoms with E-state index >= 15 is 0 Å². The third-order valence-corrected chi connectivity index (χ3v) is 8.00. The number of aromatic nitrogens is 1. The van der Waals surface area contributed by atoms with E-state index in [9.17, 15) is 9.90 Å². The van der Waals surface area contributed by atoms with Crippen LogP contribution in [0.1, 0.15) is 44.9 Å². The van der Waals surface area contributed by atoms with Crippen LogP contribution in [-0.2, 0) is 14.3 Å². The molecule has 1 N–H and O–H groups in total. The molecule has 0 radical (unpaired) electrons. The van der Waals surface area contributed by atoms with Crippen LogP contribution in [0.2, 0.25) is 0 Å². The predicted octanol–water partition coefficient (Wildman–Crippen LogP) is 3.43. The van der Waals surface area contributed by atoms with E-state index in [4.69, 9.17) is 23.5 Å². The fourth-order valence-corrected chi connectivity index (χ4v) is 5.78. The van der Waals surface area contributed by atoms with Gasteiger partial charge in [-0.25, -0.2) is 0 Å². The molecule has 2 aliphatic heterocycles. The number of methoxy groups -OCH3 is 1. The highest BCUT2D eigenvalue weighted by molar-refractivity contribution is 5.88. The largest absolute Gasteiger partial charge is 0.489 e. The van der Waals surface area contributed by atoms with Crippen molar-refractivity contribution in [1.82, 2.24) is 10.1 Å². The zero-order valence-electron chi connectivity index (χ0n) is 21.1. The molecule has 0 bridgehead atoms. The van der Waals surface area contributed by atoms with Gasteiger partial charge in [0.1, 0.15) is 11.1 Å². The molecule has 0 amide bonds. The van der Waals surface area contributed by atoms with E-state index in [-0.39, 0.29) is 30.0 Å². The first-order chi connectivity index (χ1) is 17.6. The smallest absolute Gasteiger partial charge is 0.309 e.